The molecular formula is C19H28BrNO3. The third-order valence-electron chi connectivity index (χ3n) is 5.68. The number of esters is 1. The van der Waals surface area contributed by atoms with E-state index in [9.17, 15) is 9.90 Å². The molecule has 1 heterocycles. The molecule has 1 unspecified atom stereocenters. The Kier molecular flexibility index (Phi) is 6.10. The van der Waals surface area contributed by atoms with Gasteiger partial charge in [-0.1, -0.05) is 43.2 Å². The number of hydrogen-bond donors (Lipinski definition) is 1. The number of benzene rings is 1. The van der Waals surface area contributed by atoms with Gasteiger partial charge < -0.3 is 26.8 Å². The second kappa shape index (κ2) is 7.54. The average Bonchev–Trinajstić information content (AvgIpc) is 3.18. The van der Waals surface area contributed by atoms with Crippen LogP contribution in [0.15, 0.2) is 30.3 Å². The lowest BCUT2D eigenvalue weighted by Crippen LogP contribution is -3.00. The van der Waals surface area contributed by atoms with E-state index < -0.39 is 11.6 Å². The first-order valence-electron chi connectivity index (χ1n) is 8.76. The fourth-order valence-corrected chi connectivity index (χ4v) is 4.14. The molecule has 5 heteroatoms. The summed E-state index contributed by atoms with van der Waals surface area (Å²) in [5, 5.41) is 11.4. The van der Waals surface area contributed by atoms with Gasteiger partial charge in [-0.25, -0.2) is 4.79 Å². The lowest BCUT2D eigenvalue weighted by atomic mass is 9.80. The zero-order chi connectivity index (χ0) is 16.5. The summed E-state index contributed by atoms with van der Waals surface area (Å²) < 4.78 is 6.52. The van der Waals surface area contributed by atoms with E-state index in [1.165, 1.54) is 0 Å². The minimum Gasteiger partial charge on any atom is -1.00 e. The SMILES string of the molecule is C[N+]1(C)CCCC1OC(=O)[C@](O)(c1ccccc1)C1CCCC1.[Br-]. The van der Waals surface area contributed by atoms with E-state index >= 15 is 0 Å². The molecule has 2 aliphatic rings. The van der Waals surface area contributed by atoms with E-state index in [0.29, 0.717) is 10.0 Å². The van der Waals surface area contributed by atoms with Gasteiger partial charge in [-0.2, -0.15) is 0 Å². The minimum absolute atomic E-state index is 0. The third kappa shape index (κ3) is 3.53. The van der Waals surface area contributed by atoms with Crippen LogP contribution in [-0.4, -0.2) is 42.4 Å². The van der Waals surface area contributed by atoms with Gasteiger partial charge in [0.15, 0.2) is 5.60 Å². The molecule has 3 rings (SSSR count). The highest BCUT2D eigenvalue weighted by molar-refractivity contribution is 5.81. The number of nitrogens with zero attached hydrogens (tertiary/aromatic N) is 1. The zero-order valence-corrected chi connectivity index (χ0v) is 16.2. The predicted molar refractivity (Wildman–Crippen MR) is 88.4 cm³/mol. The van der Waals surface area contributed by atoms with Crippen molar-refractivity contribution in [2.75, 3.05) is 20.6 Å². The van der Waals surface area contributed by atoms with Crippen molar-refractivity contribution in [2.45, 2.75) is 50.4 Å². The smallest absolute Gasteiger partial charge is 0.347 e. The van der Waals surface area contributed by atoms with Crippen molar-refractivity contribution in [2.24, 2.45) is 5.92 Å². The summed E-state index contributed by atoms with van der Waals surface area (Å²) in [6, 6.07) is 9.33. The molecule has 24 heavy (non-hydrogen) atoms. The molecule has 0 aromatic heterocycles. The normalized spacial score (nSPS) is 25.7. The van der Waals surface area contributed by atoms with E-state index in [-0.39, 0.29) is 29.1 Å². The van der Waals surface area contributed by atoms with Crippen LogP contribution in [0.2, 0.25) is 0 Å². The minimum atomic E-state index is -1.51. The van der Waals surface area contributed by atoms with Gasteiger partial charge in [0.25, 0.3) is 0 Å². The lowest BCUT2D eigenvalue weighted by molar-refractivity contribution is -0.921. The highest BCUT2D eigenvalue weighted by atomic mass is 79.9. The summed E-state index contributed by atoms with van der Waals surface area (Å²) in [6.07, 6.45) is 5.66. The fourth-order valence-electron chi connectivity index (χ4n) is 4.14. The first-order valence-corrected chi connectivity index (χ1v) is 8.76. The molecule has 1 aliphatic carbocycles. The Morgan fingerprint density at radius 1 is 1.12 bits per heavy atom. The summed E-state index contributed by atoms with van der Waals surface area (Å²) in [5.74, 6) is -0.511. The molecule has 4 nitrogen and oxygen atoms in total. The molecule has 134 valence electrons. The third-order valence-corrected chi connectivity index (χ3v) is 5.68. The van der Waals surface area contributed by atoms with Crippen LogP contribution in [0.1, 0.15) is 44.1 Å². The number of carbonyl (C=O) groups is 1. The maximum atomic E-state index is 13.0. The monoisotopic (exact) mass is 397 g/mol. The molecule has 0 radical (unpaired) electrons. The number of carbonyl (C=O) groups excluding carboxylic acids is 1. The van der Waals surface area contributed by atoms with Crippen LogP contribution in [0, 0.1) is 5.92 Å². The Bertz CT molecular complexity index is 557. The summed E-state index contributed by atoms with van der Waals surface area (Å²) >= 11 is 0. The van der Waals surface area contributed by atoms with Crippen molar-refractivity contribution in [1.29, 1.82) is 0 Å². The van der Waals surface area contributed by atoms with E-state index in [0.717, 1.165) is 45.1 Å². The first-order chi connectivity index (χ1) is 10.9. The molecule has 1 aromatic rings. The Morgan fingerprint density at radius 2 is 1.75 bits per heavy atom. The van der Waals surface area contributed by atoms with Crippen LogP contribution in [-0.2, 0) is 15.1 Å². The van der Waals surface area contributed by atoms with E-state index in [1.54, 1.807) is 0 Å². The van der Waals surface area contributed by atoms with Gasteiger partial charge in [-0.05, 0) is 18.4 Å². The van der Waals surface area contributed by atoms with E-state index in [2.05, 4.69) is 14.1 Å². The number of rotatable bonds is 4. The molecule has 0 bridgehead atoms. The van der Waals surface area contributed by atoms with Gasteiger partial charge in [-0.3, -0.25) is 4.48 Å². The summed E-state index contributed by atoms with van der Waals surface area (Å²) in [4.78, 5) is 13.0. The van der Waals surface area contributed by atoms with E-state index in [1.807, 2.05) is 30.3 Å². The van der Waals surface area contributed by atoms with E-state index in [4.69, 9.17) is 4.74 Å². The van der Waals surface area contributed by atoms with Crippen LogP contribution < -0.4 is 17.0 Å². The number of ether oxygens (including phenoxy) is 1. The highest BCUT2D eigenvalue weighted by Crippen LogP contribution is 2.42. The predicted octanol–water partition coefficient (Wildman–Crippen LogP) is -0.192. The van der Waals surface area contributed by atoms with Gasteiger partial charge in [0.2, 0.25) is 6.23 Å². The number of likely N-dealkylation sites (tertiary alicyclic amines) is 1. The van der Waals surface area contributed by atoms with Crippen LogP contribution in [0.4, 0.5) is 0 Å². The molecule has 1 aliphatic heterocycles. The Hall–Kier alpha value is -0.910. The van der Waals surface area contributed by atoms with Gasteiger partial charge in [0, 0.05) is 18.8 Å². The van der Waals surface area contributed by atoms with Gasteiger partial charge >= 0.3 is 5.97 Å². The van der Waals surface area contributed by atoms with Gasteiger partial charge in [-0.15, -0.1) is 0 Å². The van der Waals surface area contributed by atoms with Crippen LogP contribution in [0.3, 0.4) is 0 Å². The quantitative estimate of drug-likeness (QED) is 0.565. The van der Waals surface area contributed by atoms with Crippen molar-refractivity contribution in [1.82, 2.24) is 0 Å². The lowest BCUT2D eigenvalue weighted by Gasteiger charge is -2.36. The standard InChI is InChI=1S/C19H28NO3.BrH/c1-20(2)14-8-13-17(20)23-18(21)19(22,16-11-6-7-12-16)15-9-4-3-5-10-15;/h3-5,9-10,16-17,22H,6-8,11-14H2,1-2H3;1H/q+1;/p-1/t17?,19-;/m0./s1. The average molecular weight is 398 g/mol. The number of quaternary nitrogens is 1. The molecule has 0 amide bonds. The van der Waals surface area contributed by atoms with Crippen molar-refractivity contribution < 1.29 is 36.1 Å². The molecule has 1 saturated heterocycles. The van der Waals surface area contributed by atoms with Crippen molar-refractivity contribution in [3.63, 3.8) is 0 Å². The number of hydrogen-bond acceptors (Lipinski definition) is 3. The zero-order valence-electron chi connectivity index (χ0n) is 14.6. The summed E-state index contributed by atoms with van der Waals surface area (Å²) in [5.41, 5.74) is -0.847. The fraction of sp³-hybridized carbons (Fsp3) is 0.632. The second-order valence-corrected chi connectivity index (χ2v) is 7.62. The van der Waals surface area contributed by atoms with Crippen molar-refractivity contribution in [3.05, 3.63) is 35.9 Å². The van der Waals surface area contributed by atoms with Crippen LogP contribution in [0.25, 0.3) is 0 Å². The molecule has 1 saturated carbocycles. The molecule has 2 fully saturated rings. The van der Waals surface area contributed by atoms with Crippen LogP contribution in [0.5, 0.6) is 0 Å². The maximum absolute atomic E-state index is 13.0. The number of aliphatic hydroxyl groups is 1. The topological polar surface area (TPSA) is 46.5 Å². The van der Waals surface area contributed by atoms with Crippen molar-refractivity contribution >= 4 is 5.97 Å². The maximum Gasteiger partial charge on any atom is 0.347 e. The van der Waals surface area contributed by atoms with Crippen molar-refractivity contribution in [3.8, 4) is 0 Å². The van der Waals surface area contributed by atoms with Gasteiger partial charge in [0.1, 0.15) is 0 Å². The molecule has 1 aromatic carbocycles. The Morgan fingerprint density at radius 3 is 2.29 bits per heavy atom. The van der Waals surface area contributed by atoms with Crippen LogP contribution >= 0.6 is 0 Å². The second-order valence-electron chi connectivity index (χ2n) is 7.62. The summed E-state index contributed by atoms with van der Waals surface area (Å²) in [7, 11) is 4.17. The Labute approximate surface area is 155 Å². The molecule has 1 N–H and O–H groups in total. The molecule has 2 atom stereocenters. The molecule has 0 spiro atoms. The molecular weight excluding hydrogens is 370 g/mol. The Balaban J connectivity index is 0.00000208. The largest absolute Gasteiger partial charge is 1.00 e. The van der Waals surface area contributed by atoms with Gasteiger partial charge in [0.05, 0.1) is 20.6 Å². The summed E-state index contributed by atoms with van der Waals surface area (Å²) in [6.45, 7) is 1.01. The first kappa shape index (κ1) is 19.4. The number of halogens is 1. The highest BCUT2D eigenvalue weighted by Gasteiger charge is 2.50.